The van der Waals surface area contributed by atoms with E-state index in [1.807, 2.05) is 35.9 Å². The Morgan fingerprint density at radius 3 is 2.69 bits per heavy atom. The number of amides is 1. The van der Waals surface area contributed by atoms with Gasteiger partial charge in [-0.05, 0) is 26.3 Å². The van der Waals surface area contributed by atoms with Gasteiger partial charge >= 0.3 is 0 Å². The van der Waals surface area contributed by atoms with Crippen LogP contribution >= 0.6 is 11.3 Å². The molecule has 3 heterocycles. The Morgan fingerprint density at radius 1 is 1.25 bits per heavy atom. The normalized spacial score (nSPS) is 16.2. The highest BCUT2D eigenvalue weighted by Crippen LogP contribution is 2.43. The Kier molecular flexibility index (Phi) is 6.09. The van der Waals surface area contributed by atoms with Crippen LogP contribution in [-0.2, 0) is 11.3 Å². The number of aliphatic hydroxyl groups excluding tert-OH is 1. The fourth-order valence-corrected chi connectivity index (χ4v) is 4.91. The number of aliphatic hydroxyl groups is 1. The number of hydrogen-bond acceptors (Lipinski definition) is 7. The van der Waals surface area contributed by atoms with Crippen molar-refractivity contribution in [3.05, 3.63) is 75.5 Å². The third-order valence-electron chi connectivity index (χ3n) is 5.47. The van der Waals surface area contributed by atoms with Crippen molar-refractivity contribution in [2.24, 2.45) is 0 Å². The molecule has 166 valence electrons. The Balaban J connectivity index is 1.73. The lowest BCUT2D eigenvalue weighted by Crippen LogP contribution is -2.32. The molecule has 0 bridgehead atoms. The number of hydrogen-bond donors (Lipinski definition) is 1. The van der Waals surface area contributed by atoms with Gasteiger partial charge in [0.05, 0.1) is 40.6 Å². The molecular weight excluding hydrogens is 428 g/mol. The molecule has 1 aliphatic rings. The van der Waals surface area contributed by atoms with Gasteiger partial charge in [-0.2, -0.15) is 0 Å². The summed E-state index contributed by atoms with van der Waals surface area (Å²) in [5, 5.41) is 11.6. The summed E-state index contributed by atoms with van der Waals surface area (Å²) in [7, 11) is 1.54. The summed E-state index contributed by atoms with van der Waals surface area (Å²) in [5.41, 5.74) is 1.30. The topological polar surface area (TPSA) is 97.5 Å². The number of thiazole rings is 1. The summed E-state index contributed by atoms with van der Waals surface area (Å²) in [6.45, 7) is 4.58. The molecule has 1 atom stereocenters. The van der Waals surface area contributed by atoms with Crippen LogP contribution in [0.2, 0.25) is 0 Å². The molecule has 1 aliphatic heterocycles. The number of Topliss-reactive ketones (excluding diaryl/α,β-unsaturated/α-hetero) is 1. The van der Waals surface area contributed by atoms with Gasteiger partial charge in [0.15, 0.2) is 5.76 Å². The number of imidazole rings is 1. The van der Waals surface area contributed by atoms with Crippen LogP contribution in [-0.4, -0.2) is 49.9 Å². The van der Waals surface area contributed by atoms with Crippen molar-refractivity contribution in [1.82, 2.24) is 19.4 Å². The van der Waals surface area contributed by atoms with E-state index in [9.17, 15) is 14.7 Å². The Labute approximate surface area is 189 Å². The maximum Gasteiger partial charge on any atom is 0.290 e. The number of ketones is 1. The highest BCUT2D eigenvalue weighted by Gasteiger charge is 2.45. The van der Waals surface area contributed by atoms with E-state index in [0.29, 0.717) is 41.4 Å². The Bertz CT molecular complexity index is 1180. The molecule has 0 fully saturated rings. The maximum absolute atomic E-state index is 13.5. The average Bonchev–Trinajstić information content (AvgIpc) is 3.48. The minimum Gasteiger partial charge on any atom is -0.503 e. The standard InChI is InChI=1S/C23H24N4O4S/c1-14-22(32-15(2)25-14)20(28)18-19(16-7-4-5-8-17(16)31-3)27(23(30)21(18)29)11-6-10-26-12-9-24-13-26/h4-5,7-9,12-13,19,29H,6,10-11H2,1-3H3/t19-/m1/s1. The zero-order chi connectivity index (χ0) is 22.8. The van der Waals surface area contributed by atoms with Gasteiger partial charge in [-0.1, -0.05) is 18.2 Å². The van der Waals surface area contributed by atoms with Gasteiger partial charge in [-0.3, -0.25) is 9.59 Å². The van der Waals surface area contributed by atoms with Crippen LogP contribution in [0.4, 0.5) is 0 Å². The second kappa shape index (κ2) is 8.96. The molecule has 0 saturated heterocycles. The van der Waals surface area contributed by atoms with Crippen molar-refractivity contribution in [3.63, 3.8) is 0 Å². The monoisotopic (exact) mass is 452 g/mol. The van der Waals surface area contributed by atoms with Gasteiger partial charge < -0.3 is 19.3 Å². The van der Waals surface area contributed by atoms with E-state index < -0.39 is 17.7 Å². The summed E-state index contributed by atoms with van der Waals surface area (Å²) in [5.74, 6) is -0.915. The van der Waals surface area contributed by atoms with E-state index in [4.69, 9.17) is 4.74 Å². The molecule has 9 heteroatoms. The molecule has 3 aromatic rings. The second-order valence-corrected chi connectivity index (χ2v) is 8.74. The smallest absolute Gasteiger partial charge is 0.290 e. The second-order valence-electron chi connectivity index (χ2n) is 7.54. The van der Waals surface area contributed by atoms with Gasteiger partial charge in [-0.15, -0.1) is 11.3 Å². The highest BCUT2D eigenvalue weighted by molar-refractivity contribution is 7.14. The number of rotatable bonds is 8. The zero-order valence-electron chi connectivity index (χ0n) is 18.1. The van der Waals surface area contributed by atoms with E-state index in [1.165, 1.54) is 11.3 Å². The van der Waals surface area contributed by atoms with Crippen LogP contribution < -0.4 is 4.74 Å². The van der Waals surface area contributed by atoms with E-state index in [2.05, 4.69) is 9.97 Å². The first-order valence-corrected chi connectivity index (χ1v) is 11.1. The molecule has 32 heavy (non-hydrogen) atoms. The lowest BCUT2D eigenvalue weighted by molar-refractivity contribution is -0.129. The number of aryl methyl sites for hydroxylation is 3. The molecule has 0 saturated carbocycles. The van der Waals surface area contributed by atoms with Crippen molar-refractivity contribution in [2.45, 2.75) is 32.9 Å². The predicted octanol–water partition coefficient (Wildman–Crippen LogP) is 3.63. The Morgan fingerprint density at radius 2 is 2.03 bits per heavy atom. The van der Waals surface area contributed by atoms with Crippen LogP contribution in [0.15, 0.2) is 54.3 Å². The zero-order valence-corrected chi connectivity index (χ0v) is 18.9. The van der Waals surface area contributed by atoms with Crippen molar-refractivity contribution in [3.8, 4) is 5.75 Å². The van der Waals surface area contributed by atoms with Gasteiger partial charge in [0.2, 0.25) is 5.78 Å². The van der Waals surface area contributed by atoms with Crippen LogP contribution in [0.1, 0.15) is 38.4 Å². The molecule has 8 nitrogen and oxygen atoms in total. The predicted molar refractivity (Wildman–Crippen MR) is 120 cm³/mol. The number of benzene rings is 1. The molecule has 0 unspecified atom stereocenters. The van der Waals surface area contributed by atoms with Gasteiger partial charge in [-0.25, -0.2) is 9.97 Å². The molecule has 0 radical (unpaired) electrons. The summed E-state index contributed by atoms with van der Waals surface area (Å²) in [6.07, 6.45) is 5.88. The molecule has 1 amide bonds. The number of carbonyl (C=O) groups excluding carboxylic acids is 2. The minimum absolute atomic E-state index is 0.0638. The molecular formula is C23H24N4O4S. The number of nitrogens with zero attached hydrogens (tertiary/aromatic N) is 4. The lowest BCUT2D eigenvalue weighted by atomic mass is 9.94. The summed E-state index contributed by atoms with van der Waals surface area (Å²) in [4.78, 5) is 37.0. The average molecular weight is 453 g/mol. The SMILES string of the molecule is COc1ccccc1[C@@H]1C(C(=O)c2sc(C)nc2C)=C(O)C(=O)N1CCCn1ccnc1. The summed E-state index contributed by atoms with van der Waals surface area (Å²) < 4.78 is 7.44. The number of aromatic nitrogens is 3. The molecule has 1 aromatic carbocycles. The first-order valence-electron chi connectivity index (χ1n) is 10.2. The lowest BCUT2D eigenvalue weighted by Gasteiger charge is -2.28. The van der Waals surface area contributed by atoms with Crippen molar-refractivity contribution in [2.75, 3.05) is 13.7 Å². The number of ether oxygens (including phenoxy) is 1. The molecule has 0 aliphatic carbocycles. The maximum atomic E-state index is 13.5. The van der Waals surface area contributed by atoms with Crippen molar-refractivity contribution >= 4 is 23.0 Å². The van der Waals surface area contributed by atoms with Crippen molar-refractivity contribution < 1.29 is 19.4 Å². The van der Waals surface area contributed by atoms with E-state index in [-0.39, 0.29) is 11.4 Å². The van der Waals surface area contributed by atoms with E-state index in [0.717, 1.165) is 5.01 Å². The Hall–Kier alpha value is -3.46. The minimum atomic E-state index is -0.754. The summed E-state index contributed by atoms with van der Waals surface area (Å²) in [6, 6.07) is 6.49. The number of para-hydroxylation sites is 1. The van der Waals surface area contributed by atoms with Crippen LogP contribution in [0.25, 0.3) is 0 Å². The van der Waals surface area contributed by atoms with Gasteiger partial charge in [0.1, 0.15) is 5.75 Å². The summed E-state index contributed by atoms with van der Waals surface area (Å²) >= 11 is 1.26. The fourth-order valence-electron chi connectivity index (χ4n) is 4.04. The van der Waals surface area contributed by atoms with Crippen LogP contribution in [0.5, 0.6) is 5.75 Å². The molecule has 4 rings (SSSR count). The van der Waals surface area contributed by atoms with Crippen molar-refractivity contribution in [1.29, 1.82) is 0 Å². The first kappa shape index (κ1) is 21.8. The van der Waals surface area contributed by atoms with Gasteiger partial charge in [0.25, 0.3) is 5.91 Å². The van der Waals surface area contributed by atoms with Crippen LogP contribution in [0.3, 0.4) is 0 Å². The number of carbonyl (C=O) groups is 2. The van der Waals surface area contributed by atoms with Gasteiger partial charge in [0, 0.05) is 31.0 Å². The molecule has 1 N–H and O–H groups in total. The fraction of sp³-hybridized carbons (Fsp3) is 0.304. The third kappa shape index (κ3) is 3.91. The first-order chi connectivity index (χ1) is 15.4. The quantitative estimate of drug-likeness (QED) is 0.524. The third-order valence-corrected chi connectivity index (χ3v) is 6.54. The molecule has 0 spiro atoms. The van der Waals surface area contributed by atoms with E-state index in [1.54, 1.807) is 37.5 Å². The molecule has 2 aromatic heterocycles. The largest absolute Gasteiger partial charge is 0.503 e. The van der Waals surface area contributed by atoms with Crippen LogP contribution in [0, 0.1) is 13.8 Å². The number of methoxy groups -OCH3 is 1. The highest BCUT2D eigenvalue weighted by atomic mass is 32.1. The van der Waals surface area contributed by atoms with E-state index >= 15 is 0 Å².